The lowest BCUT2D eigenvalue weighted by Crippen LogP contribution is -2.54. The highest BCUT2D eigenvalue weighted by Crippen LogP contribution is 2.19. The zero-order valence-corrected chi connectivity index (χ0v) is 45.4. The average Bonchev–Trinajstić information content (AvgIpc) is 3.41. The van der Waals surface area contributed by atoms with Gasteiger partial charge in [-0.3, -0.25) is 38.4 Å². The number of nitrogens with one attached hydrogen (secondary N) is 7. The number of amides is 8. The highest BCUT2D eigenvalue weighted by Gasteiger charge is 2.31. The van der Waals surface area contributed by atoms with Crippen molar-refractivity contribution in [2.45, 2.75) is 70.7 Å². The third-order valence-electron chi connectivity index (χ3n) is 10.4. The number of hydrogen-bond acceptors (Lipinski definition) is 17. The number of carboxylic acids is 1. The van der Waals surface area contributed by atoms with Crippen LogP contribution in [-0.4, -0.2) is 160 Å². The third-order valence-corrected chi connectivity index (χ3v) is 12.2. The van der Waals surface area contributed by atoms with E-state index in [-0.39, 0.29) is 50.1 Å². The Balaban J connectivity index is 1.63. The maximum absolute atomic E-state index is 13.8. The molecule has 2 atom stereocenters. The van der Waals surface area contributed by atoms with Crippen molar-refractivity contribution in [1.82, 2.24) is 41.5 Å². The van der Waals surface area contributed by atoms with Crippen LogP contribution < -0.4 is 46.7 Å². The van der Waals surface area contributed by atoms with E-state index in [9.17, 15) is 56.4 Å². The summed E-state index contributed by atoms with van der Waals surface area (Å²) in [5.74, 6) is -7.85. The molecule has 3 aromatic carbocycles. The van der Waals surface area contributed by atoms with Gasteiger partial charge in [-0.25, -0.2) is 22.3 Å². The molecule has 0 unspecified atom stereocenters. The van der Waals surface area contributed by atoms with Gasteiger partial charge in [-0.05, 0) is 68.1 Å². The number of aliphatic carboxylic acids is 1. The van der Waals surface area contributed by atoms with Crippen molar-refractivity contribution in [3.8, 4) is 11.5 Å². The first-order chi connectivity index (χ1) is 38.0. The van der Waals surface area contributed by atoms with E-state index < -0.39 is 139 Å². The number of carboxylic acid groups (broad SMARTS) is 1. The molecule has 8 N–H and O–H groups in total. The second-order valence-corrected chi connectivity index (χ2v) is 20.1. The molecular formula is C53H68N8O18S. The maximum atomic E-state index is 13.8. The topological polar surface area (TPSA) is 359 Å². The van der Waals surface area contributed by atoms with Gasteiger partial charge < -0.3 is 66.0 Å². The van der Waals surface area contributed by atoms with Crippen LogP contribution in [0.15, 0.2) is 104 Å². The smallest absolute Gasteiger partial charge is 0.407 e. The molecule has 80 heavy (non-hydrogen) atoms. The molecule has 0 heterocycles. The van der Waals surface area contributed by atoms with Crippen molar-refractivity contribution < 1.29 is 85.2 Å². The van der Waals surface area contributed by atoms with Gasteiger partial charge >= 0.3 is 24.1 Å². The van der Waals surface area contributed by atoms with Gasteiger partial charge in [-0.1, -0.05) is 79.9 Å². The Labute approximate surface area is 462 Å². The Bertz CT molecular complexity index is 2720. The Morgan fingerprint density at radius 3 is 1.73 bits per heavy atom. The molecule has 0 spiro atoms. The van der Waals surface area contributed by atoms with Crippen LogP contribution in [0.2, 0.25) is 0 Å². The molecule has 0 radical (unpaired) electrons. The number of ether oxygens (including phenoxy) is 5. The average molecular weight is 1140 g/mol. The summed E-state index contributed by atoms with van der Waals surface area (Å²) in [6, 6.07) is 19.0. The molecule has 0 saturated carbocycles. The van der Waals surface area contributed by atoms with E-state index >= 15 is 0 Å². The van der Waals surface area contributed by atoms with E-state index in [2.05, 4.69) is 50.4 Å². The van der Waals surface area contributed by atoms with Gasteiger partial charge in [-0.2, -0.15) is 0 Å². The van der Waals surface area contributed by atoms with E-state index in [0.717, 1.165) is 0 Å². The van der Waals surface area contributed by atoms with Crippen LogP contribution in [0.3, 0.4) is 0 Å². The number of alkyl carbamates (subject to hydrolysis) is 2. The second-order valence-electron chi connectivity index (χ2n) is 18.1. The highest BCUT2D eigenvalue weighted by atomic mass is 32.2. The number of esters is 1. The fraction of sp³-hybridized carbons (Fsp3) is 0.396. The summed E-state index contributed by atoms with van der Waals surface area (Å²) in [5, 5.41) is 25.8. The van der Waals surface area contributed by atoms with Gasteiger partial charge in [0.2, 0.25) is 39.6 Å². The fourth-order valence-corrected chi connectivity index (χ4v) is 8.07. The Hall–Kier alpha value is -9.01. The lowest BCUT2D eigenvalue weighted by molar-refractivity contribution is -0.145. The lowest BCUT2D eigenvalue weighted by atomic mass is 10.0. The number of hydrogen-bond donors (Lipinski definition) is 8. The van der Waals surface area contributed by atoms with E-state index in [4.69, 9.17) is 28.8 Å². The molecule has 0 aromatic heterocycles. The maximum Gasteiger partial charge on any atom is 0.407 e. The van der Waals surface area contributed by atoms with E-state index in [1.54, 1.807) is 78.9 Å². The summed E-state index contributed by atoms with van der Waals surface area (Å²) in [6.45, 7) is 8.22. The van der Waals surface area contributed by atoms with Crippen molar-refractivity contribution in [1.29, 1.82) is 0 Å². The summed E-state index contributed by atoms with van der Waals surface area (Å²) in [6.07, 6.45) is -0.0676. The Morgan fingerprint density at radius 2 is 1.15 bits per heavy atom. The zero-order valence-electron chi connectivity index (χ0n) is 44.6. The molecule has 0 aliphatic heterocycles. The minimum absolute atomic E-state index is 0.0707. The number of carbonyl (C=O) groups is 10. The number of benzene rings is 3. The molecule has 26 nitrogen and oxygen atoms in total. The molecule has 0 aliphatic rings. The van der Waals surface area contributed by atoms with Crippen LogP contribution in [0.1, 0.15) is 50.3 Å². The molecule has 0 bridgehead atoms. The van der Waals surface area contributed by atoms with Crippen molar-refractivity contribution >= 4 is 69.6 Å². The number of rotatable bonds is 34. The second kappa shape index (κ2) is 34.0. The summed E-state index contributed by atoms with van der Waals surface area (Å²) in [5.41, 5.74) is 1.23. The largest absolute Gasteiger partial charge is 0.492 e. The zero-order chi connectivity index (χ0) is 59.1. The first-order valence-corrected chi connectivity index (χ1v) is 26.5. The predicted octanol–water partition coefficient (Wildman–Crippen LogP) is 0.937. The minimum Gasteiger partial charge on any atom is -0.492 e. The standard InChI is InChI=1S/C53H68N8O18S/c1-6-24-76-48(68)34-61(80(73,74)27-11-14-47(66)67)46(65)33-55-43(62)30-56-49(69)41(28-36-12-9-8-10-13-36)59-44(63)31-57-50(70)42(29-37-15-21-40(22-16-37)79-53(3,4)5)60-45(64)32-58-52(72)78-35-38-17-19-39(20-18-38)75-26-23-54-51(71)77-25-7-2/h6-10,12-13,15-22,41-42H,1-2,11,14,23-35H2,3-5H3,(H,54,71)(H,55,62)(H,56,69)(H,57,70)(H,58,72)(H,59,63)(H,60,64)(H,66,67)/t41-,42-/m0/s1. The predicted molar refractivity (Wildman–Crippen MR) is 287 cm³/mol. The highest BCUT2D eigenvalue weighted by molar-refractivity contribution is 7.89. The molecule has 8 amide bonds. The molecular weight excluding hydrogens is 1070 g/mol. The monoisotopic (exact) mass is 1140 g/mol. The fourth-order valence-electron chi connectivity index (χ4n) is 6.66. The van der Waals surface area contributed by atoms with Crippen molar-refractivity contribution in [3.63, 3.8) is 0 Å². The van der Waals surface area contributed by atoms with Crippen molar-refractivity contribution in [2.75, 3.05) is 64.8 Å². The van der Waals surface area contributed by atoms with Gasteiger partial charge in [-0.15, -0.1) is 0 Å². The first-order valence-electron chi connectivity index (χ1n) is 24.8. The number of nitrogens with zero attached hydrogens (tertiary/aromatic N) is 1. The SMILES string of the molecule is C=CCOC(=O)CN(C(=O)CNC(=O)CNC(=O)[C@H](Cc1ccccc1)NC(=O)CNC(=O)[C@H](Cc1ccc(OC(C)(C)C)cc1)NC(=O)CNC(=O)OCc1ccc(OCCNC(=O)OCC=C)cc1)S(=O)(=O)CCCC(=O)O. The molecule has 27 heteroatoms. The van der Waals surface area contributed by atoms with E-state index in [0.29, 0.717) is 28.2 Å². The minimum atomic E-state index is -4.57. The summed E-state index contributed by atoms with van der Waals surface area (Å²) >= 11 is 0. The van der Waals surface area contributed by atoms with Crippen LogP contribution in [0.4, 0.5) is 9.59 Å². The summed E-state index contributed by atoms with van der Waals surface area (Å²) < 4.78 is 52.4. The number of sulfonamides is 1. The first kappa shape index (κ1) is 65.3. The molecule has 3 aromatic rings. The van der Waals surface area contributed by atoms with Gasteiger partial charge in [0.15, 0.2) is 0 Å². The van der Waals surface area contributed by atoms with Crippen LogP contribution in [0.25, 0.3) is 0 Å². The molecule has 0 aliphatic carbocycles. The normalized spacial score (nSPS) is 11.6. The van der Waals surface area contributed by atoms with Gasteiger partial charge in [0.25, 0.3) is 5.91 Å². The summed E-state index contributed by atoms with van der Waals surface area (Å²) in [7, 11) is -4.57. The van der Waals surface area contributed by atoms with Gasteiger partial charge in [0, 0.05) is 19.3 Å². The molecule has 0 saturated heterocycles. The molecule has 434 valence electrons. The molecule has 3 rings (SSSR count). The quantitative estimate of drug-likeness (QED) is 0.0178. The number of carbonyl (C=O) groups excluding carboxylic acids is 9. The summed E-state index contributed by atoms with van der Waals surface area (Å²) in [4.78, 5) is 127. The molecule has 0 fully saturated rings. The third kappa shape index (κ3) is 26.8. The van der Waals surface area contributed by atoms with Crippen LogP contribution in [0, 0.1) is 0 Å². The van der Waals surface area contributed by atoms with E-state index in [1.807, 2.05) is 20.8 Å². The lowest BCUT2D eigenvalue weighted by Gasteiger charge is -2.22. The van der Waals surface area contributed by atoms with Gasteiger partial charge in [0.1, 0.15) is 68.7 Å². The van der Waals surface area contributed by atoms with Gasteiger partial charge in [0.05, 0.1) is 31.9 Å². The van der Waals surface area contributed by atoms with E-state index in [1.165, 1.54) is 12.2 Å². The van der Waals surface area contributed by atoms with Crippen LogP contribution in [-0.2, 0) is 82.0 Å². The van der Waals surface area contributed by atoms with Crippen molar-refractivity contribution in [2.24, 2.45) is 0 Å². The van der Waals surface area contributed by atoms with Crippen LogP contribution in [0.5, 0.6) is 11.5 Å². The Kier molecular flexibility index (Phi) is 27.7. The van der Waals surface area contributed by atoms with Crippen LogP contribution >= 0.6 is 0 Å². The Morgan fingerprint density at radius 1 is 0.625 bits per heavy atom. The van der Waals surface area contributed by atoms with Crippen molar-refractivity contribution in [3.05, 3.63) is 121 Å².